The van der Waals surface area contributed by atoms with Gasteiger partial charge in [0, 0.05) is 0 Å². The minimum absolute atomic E-state index is 0.309. The van der Waals surface area contributed by atoms with Crippen LogP contribution in [0.2, 0.25) is 0 Å². The molecule has 1 nitrogen and oxygen atoms in total. The molecule has 0 fully saturated rings. The fourth-order valence-corrected chi connectivity index (χ4v) is 5.78. The van der Waals surface area contributed by atoms with E-state index in [1.165, 1.54) is 55.6 Å². The Balaban J connectivity index is 1.38. The van der Waals surface area contributed by atoms with Crippen LogP contribution in [0, 0.1) is 0 Å². The summed E-state index contributed by atoms with van der Waals surface area (Å²) in [5.74, 6) is 0.309. The molecular weight excluding hydrogens is 400 g/mol. The number of benzene rings is 5. The third-order valence-corrected chi connectivity index (χ3v) is 7.24. The molecule has 1 N–H and O–H groups in total. The van der Waals surface area contributed by atoms with Gasteiger partial charge < -0.3 is 5.11 Å². The molecular formula is C32H22O. The van der Waals surface area contributed by atoms with Gasteiger partial charge in [0.2, 0.25) is 0 Å². The zero-order valence-electron chi connectivity index (χ0n) is 18.2. The first kappa shape index (κ1) is 18.5. The Morgan fingerprint density at radius 1 is 0.424 bits per heavy atom. The minimum Gasteiger partial charge on any atom is -0.508 e. The number of fused-ring (bicyclic) bond motifs is 6. The summed E-state index contributed by atoms with van der Waals surface area (Å²) >= 11 is 0. The molecule has 156 valence electrons. The molecule has 0 saturated carbocycles. The van der Waals surface area contributed by atoms with Crippen LogP contribution in [-0.2, 0) is 12.8 Å². The van der Waals surface area contributed by atoms with Crippen LogP contribution in [0.4, 0.5) is 0 Å². The Hall–Kier alpha value is -4.10. The Labute approximate surface area is 193 Å². The first-order chi connectivity index (χ1) is 16.3. The van der Waals surface area contributed by atoms with Crippen molar-refractivity contribution in [2.24, 2.45) is 0 Å². The van der Waals surface area contributed by atoms with Gasteiger partial charge in [0.05, 0.1) is 0 Å². The van der Waals surface area contributed by atoms with E-state index >= 15 is 0 Å². The van der Waals surface area contributed by atoms with Gasteiger partial charge in [0.15, 0.2) is 0 Å². The van der Waals surface area contributed by atoms with E-state index in [1.54, 1.807) is 0 Å². The fraction of sp³-hybridized carbons (Fsp3) is 0.0625. The molecule has 2 aliphatic carbocycles. The first-order valence-electron chi connectivity index (χ1n) is 11.5. The van der Waals surface area contributed by atoms with Gasteiger partial charge in [-0.25, -0.2) is 0 Å². The average molecular weight is 423 g/mol. The minimum atomic E-state index is 0.309. The summed E-state index contributed by atoms with van der Waals surface area (Å²) in [6.07, 6.45) is 1.87. The number of rotatable bonds is 2. The fourth-order valence-electron chi connectivity index (χ4n) is 5.78. The Morgan fingerprint density at radius 3 is 1.36 bits per heavy atom. The monoisotopic (exact) mass is 422 g/mol. The lowest BCUT2D eigenvalue weighted by Gasteiger charge is -2.14. The van der Waals surface area contributed by atoms with Crippen molar-refractivity contribution in [3.05, 3.63) is 125 Å². The van der Waals surface area contributed by atoms with Crippen LogP contribution in [-0.4, -0.2) is 5.11 Å². The van der Waals surface area contributed by atoms with Gasteiger partial charge in [-0.05, 0) is 97.8 Å². The number of phenols is 1. The van der Waals surface area contributed by atoms with Gasteiger partial charge in [-0.15, -0.1) is 0 Å². The second kappa shape index (κ2) is 6.95. The zero-order valence-corrected chi connectivity index (χ0v) is 18.2. The molecule has 33 heavy (non-hydrogen) atoms. The van der Waals surface area contributed by atoms with E-state index in [9.17, 15) is 5.11 Å². The van der Waals surface area contributed by atoms with Crippen LogP contribution in [0.5, 0.6) is 5.75 Å². The standard InChI is InChI=1S/C32H22O/c33-24-16-22(27-11-5-13-29-25-9-3-1-7-20(25)18-31(27)29)15-23(17-24)28-12-6-14-30-26-10-4-2-8-21(26)19-32(28)30/h1-17,33H,18-19H2. The van der Waals surface area contributed by atoms with Crippen LogP contribution in [0.1, 0.15) is 22.3 Å². The van der Waals surface area contributed by atoms with Crippen LogP contribution >= 0.6 is 0 Å². The van der Waals surface area contributed by atoms with Crippen molar-refractivity contribution in [2.45, 2.75) is 12.8 Å². The number of aromatic hydroxyl groups is 1. The number of hydrogen-bond donors (Lipinski definition) is 1. The lowest BCUT2D eigenvalue weighted by atomic mass is 9.91. The van der Waals surface area contributed by atoms with Gasteiger partial charge in [-0.3, -0.25) is 0 Å². The zero-order chi connectivity index (χ0) is 21.9. The lowest BCUT2D eigenvalue weighted by molar-refractivity contribution is 0.476. The molecule has 5 aromatic rings. The molecule has 0 heterocycles. The molecule has 7 rings (SSSR count). The van der Waals surface area contributed by atoms with Crippen LogP contribution in [0.15, 0.2) is 103 Å². The molecule has 0 saturated heterocycles. The van der Waals surface area contributed by atoms with E-state index in [2.05, 4.69) is 91.0 Å². The van der Waals surface area contributed by atoms with Crippen molar-refractivity contribution < 1.29 is 5.11 Å². The highest BCUT2D eigenvalue weighted by atomic mass is 16.3. The molecule has 0 atom stereocenters. The largest absolute Gasteiger partial charge is 0.508 e. The molecule has 0 bridgehead atoms. The molecule has 0 aromatic heterocycles. The summed E-state index contributed by atoms with van der Waals surface area (Å²) in [5.41, 5.74) is 15.3. The first-order valence-corrected chi connectivity index (χ1v) is 11.5. The number of hydrogen-bond acceptors (Lipinski definition) is 1. The van der Waals surface area contributed by atoms with Crippen molar-refractivity contribution in [3.8, 4) is 50.3 Å². The summed E-state index contributed by atoms with van der Waals surface area (Å²) in [6, 6.07) is 36.5. The van der Waals surface area contributed by atoms with Crippen molar-refractivity contribution >= 4 is 0 Å². The maximum absolute atomic E-state index is 10.8. The highest BCUT2D eigenvalue weighted by molar-refractivity contribution is 5.89. The van der Waals surface area contributed by atoms with Crippen LogP contribution in [0.25, 0.3) is 44.5 Å². The molecule has 0 aliphatic heterocycles. The molecule has 5 aromatic carbocycles. The second-order valence-electron chi connectivity index (χ2n) is 9.10. The van der Waals surface area contributed by atoms with Gasteiger partial charge in [0.1, 0.15) is 5.75 Å². The maximum Gasteiger partial charge on any atom is 0.116 e. The summed E-state index contributed by atoms with van der Waals surface area (Å²) in [4.78, 5) is 0. The third kappa shape index (κ3) is 2.79. The van der Waals surface area contributed by atoms with E-state index in [-0.39, 0.29) is 0 Å². The van der Waals surface area contributed by atoms with Gasteiger partial charge in [0.25, 0.3) is 0 Å². The summed E-state index contributed by atoms with van der Waals surface area (Å²) in [5, 5.41) is 10.8. The van der Waals surface area contributed by atoms with Crippen LogP contribution in [0.3, 0.4) is 0 Å². The van der Waals surface area contributed by atoms with Crippen molar-refractivity contribution in [2.75, 3.05) is 0 Å². The second-order valence-corrected chi connectivity index (χ2v) is 9.10. The van der Waals surface area contributed by atoms with Crippen molar-refractivity contribution in [1.82, 2.24) is 0 Å². The maximum atomic E-state index is 10.8. The predicted octanol–water partition coefficient (Wildman–Crippen LogP) is 7.87. The van der Waals surface area contributed by atoms with E-state index in [0.29, 0.717) is 5.75 Å². The van der Waals surface area contributed by atoms with E-state index in [1.807, 2.05) is 12.1 Å². The van der Waals surface area contributed by atoms with Crippen LogP contribution < -0.4 is 0 Å². The van der Waals surface area contributed by atoms with Crippen molar-refractivity contribution in [3.63, 3.8) is 0 Å². The SMILES string of the molecule is Oc1cc(-c2cccc3c2Cc2ccccc2-3)cc(-c2cccc3c2Cc2ccccc2-3)c1. The topological polar surface area (TPSA) is 20.2 Å². The summed E-state index contributed by atoms with van der Waals surface area (Å²) in [6.45, 7) is 0. The van der Waals surface area contributed by atoms with E-state index in [0.717, 1.165) is 24.0 Å². The molecule has 0 unspecified atom stereocenters. The average Bonchev–Trinajstić information content (AvgIpc) is 3.42. The van der Waals surface area contributed by atoms with Gasteiger partial charge in [-0.2, -0.15) is 0 Å². The third-order valence-electron chi connectivity index (χ3n) is 7.24. The summed E-state index contributed by atoms with van der Waals surface area (Å²) < 4.78 is 0. The lowest BCUT2D eigenvalue weighted by Crippen LogP contribution is -1.91. The van der Waals surface area contributed by atoms with Crippen molar-refractivity contribution in [1.29, 1.82) is 0 Å². The van der Waals surface area contributed by atoms with E-state index in [4.69, 9.17) is 0 Å². The highest BCUT2D eigenvalue weighted by Gasteiger charge is 2.23. The van der Waals surface area contributed by atoms with E-state index < -0.39 is 0 Å². The molecule has 0 amide bonds. The normalized spacial score (nSPS) is 12.7. The summed E-state index contributed by atoms with van der Waals surface area (Å²) in [7, 11) is 0. The Bertz CT molecular complexity index is 1460. The predicted molar refractivity (Wildman–Crippen MR) is 135 cm³/mol. The van der Waals surface area contributed by atoms with Gasteiger partial charge >= 0.3 is 0 Å². The molecule has 2 aliphatic rings. The Morgan fingerprint density at radius 2 is 0.848 bits per heavy atom. The number of phenolic OH excluding ortho intramolecular Hbond substituents is 1. The Kier molecular flexibility index (Phi) is 3.89. The van der Waals surface area contributed by atoms with Gasteiger partial charge in [-0.1, -0.05) is 84.9 Å². The quantitative estimate of drug-likeness (QED) is 0.300. The smallest absolute Gasteiger partial charge is 0.116 e. The molecule has 0 spiro atoms. The molecule has 1 heteroatoms. The molecule has 0 radical (unpaired) electrons. The highest BCUT2D eigenvalue weighted by Crippen LogP contribution is 2.45.